The minimum atomic E-state index is -2.41. The molecular weight excluding hydrogens is 559 g/mol. The van der Waals surface area contributed by atoms with E-state index in [1.807, 2.05) is 12.1 Å². The number of amides is 1. The first kappa shape index (κ1) is 29.7. The van der Waals surface area contributed by atoms with Crippen molar-refractivity contribution in [2.75, 3.05) is 0 Å². The lowest BCUT2D eigenvalue weighted by Crippen LogP contribution is -2.71. The van der Waals surface area contributed by atoms with Crippen LogP contribution >= 0.6 is 34.8 Å². The summed E-state index contributed by atoms with van der Waals surface area (Å²) in [6.07, 6.45) is -1.90. The predicted octanol–water partition coefficient (Wildman–Crippen LogP) is 4.51. The Bertz CT molecular complexity index is 1160. The van der Waals surface area contributed by atoms with E-state index in [0.717, 1.165) is 5.56 Å². The lowest BCUT2D eigenvalue weighted by atomic mass is 9.86. The number of hydrogen-bond acceptors (Lipinski definition) is 7. The zero-order chi connectivity index (χ0) is 27.8. The second kappa shape index (κ2) is 13.3. The van der Waals surface area contributed by atoms with E-state index in [-0.39, 0.29) is 19.6 Å². The lowest BCUT2D eigenvalue weighted by Gasteiger charge is -2.49. The molecule has 0 spiro atoms. The molecule has 3 rings (SSSR count). The molecule has 0 unspecified atom stereocenters. The molecule has 1 fully saturated rings. The topological polar surface area (TPSA) is 143 Å². The molecule has 1 saturated heterocycles. The average Bonchev–Trinajstić information content (AvgIpc) is 2.89. The molecule has 202 valence electrons. The quantitative estimate of drug-likeness (QED) is 0.105. The summed E-state index contributed by atoms with van der Waals surface area (Å²) in [5.41, 5.74) is 10.8. The third-order valence-electron chi connectivity index (χ3n) is 5.70. The maximum absolute atomic E-state index is 13.3. The molecule has 1 aliphatic heterocycles. The molecule has 1 aliphatic rings. The number of azide groups is 1. The number of nitrogens with zero attached hydrogens (tertiary/aromatic N) is 3. The van der Waals surface area contributed by atoms with Crippen LogP contribution in [0.3, 0.4) is 0 Å². The van der Waals surface area contributed by atoms with Gasteiger partial charge in [-0.2, -0.15) is 0 Å². The Balaban J connectivity index is 1.99. The number of benzene rings is 2. The average molecular weight is 584 g/mol. The van der Waals surface area contributed by atoms with Gasteiger partial charge in [0.2, 0.25) is 0 Å². The molecule has 0 bridgehead atoms. The number of nitrogens with one attached hydrogen (secondary N) is 1. The van der Waals surface area contributed by atoms with Crippen LogP contribution in [0.1, 0.15) is 17.5 Å². The summed E-state index contributed by atoms with van der Waals surface area (Å²) in [6.45, 7) is 3.47. The highest BCUT2D eigenvalue weighted by atomic mass is 35.6. The lowest BCUT2D eigenvalue weighted by molar-refractivity contribution is -0.297. The summed E-state index contributed by atoms with van der Waals surface area (Å²) < 4.78 is 14.9. The summed E-state index contributed by atoms with van der Waals surface area (Å²) in [5.74, 6) is -4.32. The van der Waals surface area contributed by atoms with Crippen LogP contribution < -0.4 is 5.32 Å². The molecule has 10 nitrogen and oxygen atoms in total. The molecule has 2 N–H and O–H groups in total. The molecule has 2 aromatic carbocycles. The van der Waals surface area contributed by atoms with Crippen molar-refractivity contribution in [1.29, 1.82) is 0 Å². The molecule has 38 heavy (non-hydrogen) atoms. The number of halogens is 3. The maximum atomic E-state index is 13.3. The van der Waals surface area contributed by atoms with E-state index in [9.17, 15) is 20.2 Å². The monoisotopic (exact) mass is 582 g/mol. The van der Waals surface area contributed by atoms with Gasteiger partial charge >= 0.3 is 5.97 Å². The number of hydrogen-bond donors (Lipinski definition) is 2. The van der Waals surface area contributed by atoms with Gasteiger partial charge in [-0.1, -0.05) is 107 Å². The standard InChI is InChI=1S/C25H25Cl3N4O6/c1-2-13-24(35)21(30-23(34)25(26,27)28)18(31-32-29)19(36-14-16-9-5-3-6-10-16)20(38-24)22(33)37-15-17-11-7-4-8-12-17/h2-12,18-21,35H,1,13-15H2,(H,30,34)/t18-,19-,20-,21+,24-/m0/s1. The first-order valence-electron chi connectivity index (χ1n) is 11.4. The van der Waals surface area contributed by atoms with Crippen LogP contribution in [-0.4, -0.2) is 50.9 Å². The summed E-state index contributed by atoms with van der Waals surface area (Å²) in [7, 11) is 0. The fourth-order valence-corrected chi connectivity index (χ4v) is 4.10. The van der Waals surface area contributed by atoms with Gasteiger partial charge in [0.15, 0.2) is 11.9 Å². The number of aliphatic hydroxyl groups is 1. The van der Waals surface area contributed by atoms with Gasteiger partial charge in [-0.15, -0.1) is 6.58 Å². The Labute approximate surface area is 234 Å². The van der Waals surface area contributed by atoms with Crippen LogP contribution in [0.25, 0.3) is 10.4 Å². The van der Waals surface area contributed by atoms with Crippen molar-refractivity contribution < 1.29 is 28.9 Å². The molecule has 0 aliphatic carbocycles. The number of rotatable bonds is 10. The van der Waals surface area contributed by atoms with E-state index in [4.69, 9.17) is 49.0 Å². The number of carbonyl (C=O) groups is 2. The molecule has 0 aromatic heterocycles. The van der Waals surface area contributed by atoms with Crippen LogP contribution in [0.2, 0.25) is 0 Å². The fourth-order valence-electron chi connectivity index (χ4n) is 3.94. The minimum Gasteiger partial charge on any atom is -0.459 e. The second-order valence-electron chi connectivity index (χ2n) is 8.37. The normalized spacial score (nSPS) is 25.1. The van der Waals surface area contributed by atoms with Crippen molar-refractivity contribution in [2.45, 2.75) is 53.5 Å². The third kappa shape index (κ3) is 7.61. The van der Waals surface area contributed by atoms with Crippen molar-refractivity contribution >= 4 is 46.7 Å². The Morgan fingerprint density at radius 3 is 2.24 bits per heavy atom. The Morgan fingerprint density at radius 1 is 1.13 bits per heavy atom. The summed E-state index contributed by atoms with van der Waals surface area (Å²) >= 11 is 17.2. The van der Waals surface area contributed by atoms with Crippen molar-refractivity contribution in [2.24, 2.45) is 5.11 Å². The Hall–Kier alpha value is -2.82. The molecule has 0 saturated carbocycles. The van der Waals surface area contributed by atoms with E-state index in [1.54, 1.807) is 48.5 Å². The summed E-state index contributed by atoms with van der Waals surface area (Å²) in [5, 5.41) is 17.6. The number of ether oxygens (including phenoxy) is 3. The van der Waals surface area contributed by atoms with Crippen LogP contribution in [0.15, 0.2) is 78.4 Å². The molecule has 2 aromatic rings. The van der Waals surface area contributed by atoms with Crippen molar-refractivity contribution in [3.05, 3.63) is 94.9 Å². The highest BCUT2D eigenvalue weighted by Crippen LogP contribution is 2.37. The minimum absolute atomic E-state index is 0.0280. The van der Waals surface area contributed by atoms with Gasteiger partial charge in [0.1, 0.15) is 12.7 Å². The van der Waals surface area contributed by atoms with E-state index in [1.165, 1.54) is 6.08 Å². The highest BCUT2D eigenvalue weighted by Gasteiger charge is 2.57. The van der Waals surface area contributed by atoms with Crippen LogP contribution in [0.5, 0.6) is 0 Å². The van der Waals surface area contributed by atoms with Gasteiger partial charge in [-0.25, -0.2) is 4.79 Å². The van der Waals surface area contributed by atoms with E-state index < -0.39 is 45.7 Å². The maximum Gasteiger partial charge on any atom is 0.338 e. The molecule has 13 heteroatoms. The molecule has 1 amide bonds. The van der Waals surface area contributed by atoms with Gasteiger partial charge in [0, 0.05) is 11.3 Å². The van der Waals surface area contributed by atoms with E-state index >= 15 is 0 Å². The first-order chi connectivity index (χ1) is 18.1. The van der Waals surface area contributed by atoms with Gasteiger partial charge in [0.25, 0.3) is 9.70 Å². The van der Waals surface area contributed by atoms with E-state index in [0.29, 0.717) is 5.56 Å². The van der Waals surface area contributed by atoms with Crippen LogP contribution in [0, 0.1) is 0 Å². The Kier molecular flexibility index (Phi) is 10.4. The molecule has 1 heterocycles. The largest absolute Gasteiger partial charge is 0.459 e. The number of esters is 1. The first-order valence-corrected chi connectivity index (χ1v) is 12.5. The highest BCUT2D eigenvalue weighted by molar-refractivity contribution is 6.76. The predicted molar refractivity (Wildman–Crippen MR) is 141 cm³/mol. The van der Waals surface area contributed by atoms with Crippen molar-refractivity contribution in [1.82, 2.24) is 5.32 Å². The number of carbonyl (C=O) groups excluding carboxylic acids is 2. The van der Waals surface area contributed by atoms with Gasteiger partial charge < -0.3 is 24.6 Å². The van der Waals surface area contributed by atoms with Crippen LogP contribution in [-0.2, 0) is 37.0 Å². The summed E-state index contributed by atoms with van der Waals surface area (Å²) in [6, 6.07) is 15.0. The van der Waals surface area contributed by atoms with Gasteiger partial charge in [-0.3, -0.25) is 4.79 Å². The molecule has 0 radical (unpaired) electrons. The zero-order valence-corrected chi connectivity index (χ0v) is 22.2. The summed E-state index contributed by atoms with van der Waals surface area (Å²) in [4.78, 5) is 28.7. The Morgan fingerprint density at radius 2 is 1.71 bits per heavy atom. The molecular formula is C25H25Cl3N4O6. The smallest absolute Gasteiger partial charge is 0.338 e. The van der Waals surface area contributed by atoms with Crippen LogP contribution in [0.4, 0.5) is 0 Å². The van der Waals surface area contributed by atoms with Gasteiger partial charge in [-0.05, 0) is 16.7 Å². The fraction of sp³-hybridized carbons (Fsp3) is 0.360. The molecule has 5 atom stereocenters. The van der Waals surface area contributed by atoms with Crippen molar-refractivity contribution in [3.63, 3.8) is 0 Å². The zero-order valence-electron chi connectivity index (χ0n) is 20.0. The van der Waals surface area contributed by atoms with Crippen molar-refractivity contribution in [3.8, 4) is 0 Å². The SMILES string of the molecule is C=CC[C@]1(O)O[C@H](C(=O)OCc2ccccc2)[C@@H](OCc2ccccc2)[C@H](N=[N+]=[N-])[C@H]1NC(=O)C(Cl)(Cl)Cl. The second-order valence-corrected chi connectivity index (χ2v) is 10.7. The third-order valence-corrected chi connectivity index (χ3v) is 6.22. The van der Waals surface area contributed by atoms with E-state index in [2.05, 4.69) is 21.9 Å². The van der Waals surface area contributed by atoms with Gasteiger partial charge in [0.05, 0.1) is 18.7 Å². The number of alkyl halides is 3.